The minimum atomic E-state index is -0.249. The van der Waals surface area contributed by atoms with Crippen LogP contribution >= 0.6 is 0 Å². The van der Waals surface area contributed by atoms with E-state index in [1.165, 1.54) is 5.56 Å². The Morgan fingerprint density at radius 3 is 2.90 bits per heavy atom. The van der Waals surface area contributed by atoms with Gasteiger partial charge in [-0.2, -0.15) is 0 Å². The van der Waals surface area contributed by atoms with Gasteiger partial charge in [0.2, 0.25) is 0 Å². The van der Waals surface area contributed by atoms with Crippen LogP contribution in [0, 0.1) is 6.92 Å². The molecular formula is C17H18N2O. The minimum Gasteiger partial charge on any atom is -0.459 e. The fraction of sp³-hybridized carbons (Fsp3) is 0.235. The fourth-order valence-corrected chi connectivity index (χ4v) is 2.53. The third-order valence-electron chi connectivity index (χ3n) is 3.65. The Bertz CT molecular complexity index is 746. The zero-order valence-electron chi connectivity index (χ0n) is 11.8. The van der Waals surface area contributed by atoms with Gasteiger partial charge in [-0.3, -0.25) is 4.98 Å². The van der Waals surface area contributed by atoms with Crippen molar-refractivity contribution in [2.45, 2.75) is 26.3 Å². The number of benzene rings is 1. The molecule has 20 heavy (non-hydrogen) atoms. The molecule has 2 aromatic heterocycles. The lowest BCUT2D eigenvalue weighted by Gasteiger charge is -2.12. The first-order valence-corrected chi connectivity index (χ1v) is 6.87. The second kappa shape index (κ2) is 5.10. The Morgan fingerprint density at radius 2 is 2.10 bits per heavy atom. The van der Waals surface area contributed by atoms with Crippen molar-refractivity contribution >= 4 is 11.0 Å². The van der Waals surface area contributed by atoms with Gasteiger partial charge >= 0.3 is 0 Å². The number of aryl methyl sites for hydroxylation is 2. The Labute approximate surface area is 118 Å². The number of nitrogens with zero attached hydrogens (tertiary/aromatic N) is 1. The van der Waals surface area contributed by atoms with E-state index in [1.807, 2.05) is 30.5 Å². The molecule has 0 saturated heterocycles. The molecule has 1 atom stereocenters. The minimum absolute atomic E-state index is 0.249. The molecule has 3 heteroatoms. The summed E-state index contributed by atoms with van der Waals surface area (Å²) in [5.74, 6) is 0.798. The van der Waals surface area contributed by atoms with Gasteiger partial charge < -0.3 is 10.2 Å². The van der Waals surface area contributed by atoms with Crippen molar-refractivity contribution in [3.05, 3.63) is 65.2 Å². The average molecular weight is 266 g/mol. The Kier molecular flexibility index (Phi) is 3.28. The molecule has 3 aromatic rings. The van der Waals surface area contributed by atoms with Crippen LogP contribution in [0.3, 0.4) is 0 Å². The third kappa shape index (κ3) is 2.21. The molecule has 0 bridgehead atoms. The van der Waals surface area contributed by atoms with Crippen LogP contribution in [0.2, 0.25) is 0 Å². The van der Waals surface area contributed by atoms with Crippen molar-refractivity contribution in [2.75, 3.05) is 0 Å². The van der Waals surface area contributed by atoms with E-state index in [4.69, 9.17) is 10.2 Å². The van der Waals surface area contributed by atoms with Crippen LogP contribution in [0.5, 0.6) is 0 Å². The lowest BCUT2D eigenvalue weighted by Crippen LogP contribution is -2.13. The molecule has 3 nitrogen and oxygen atoms in total. The van der Waals surface area contributed by atoms with Crippen LogP contribution in [0.15, 0.2) is 47.1 Å². The van der Waals surface area contributed by atoms with E-state index < -0.39 is 0 Å². The summed E-state index contributed by atoms with van der Waals surface area (Å²) in [5, 5.41) is 1.10. The number of furan rings is 1. The first-order chi connectivity index (χ1) is 9.69. The maximum Gasteiger partial charge on any atom is 0.134 e. The average Bonchev–Trinajstić information content (AvgIpc) is 2.89. The molecule has 0 amide bonds. The van der Waals surface area contributed by atoms with E-state index in [2.05, 4.69) is 24.9 Å². The lowest BCUT2D eigenvalue weighted by molar-refractivity contribution is 0.523. The molecule has 0 saturated carbocycles. The van der Waals surface area contributed by atoms with Crippen LogP contribution in [0.1, 0.15) is 35.4 Å². The van der Waals surface area contributed by atoms with Crippen molar-refractivity contribution in [2.24, 2.45) is 5.73 Å². The lowest BCUT2D eigenvalue weighted by atomic mass is 9.99. The first-order valence-electron chi connectivity index (χ1n) is 6.87. The fourth-order valence-electron chi connectivity index (χ4n) is 2.53. The predicted octanol–water partition coefficient (Wildman–Crippen LogP) is 3.75. The van der Waals surface area contributed by atoms with Crippen molar-refractivity contribution < 1.29 is 4.42 Å². The number of rotatable bonds is 3. The summed E-state index contributed by atoms with van der Waals surface area (Å²) in [6.45, 7) is 4.18. The summed E-state index contributed by atoms with van der Waals surface area (Å²) < 4.78 is 5.89. The molecule has 0 aliphatic rings. The van der Waals surface area contributed by atoms with Crippen LogP contribution in [-0.2, 0) is 6.42 Å². The number of hydrogen-bond acceptors (Lipinski definition) is 3. The highest BCUT2D eigenvalue weighted by molar-refractivity contribution is 5.79. The maximum absolute atomic E-state index is 6.37. The summed E-state index contributed by atoms with van der Waals surface area (Å²) in [7, 11) is 0. The molecule has 0 aliphatic carbocycles. The second-order valence-corrected chi connectivity index (χ2v) is 5.10. The summed E-state index contributed by atoms with van der Waals surface area (Å²) in [5.41, 5.74) is 10.7. The van der Waals surface area contributed by atoms with Gasteiger partial charge in [-0.05, 0) is 48.7 Å². The highest BCUT2D eigenvalue weighted by atomic mass is 16.3. The molecule has 0 fully saturated rings. The van der Waals surface area contributed by atoms with Gasteiger partial charge in [-0.1, -0.05) is 18.6 Å². The highest BCUT2D eigenvalue weighted by Gasteiger charge is 2.16. The molecule has 0 radical (unpaired) electrons. The molecule has 0 aliphatic heterocycles. The molecule has 1 aromatic carbocycles. The van der Waals surface area contributed by atoms with Crippen LogP contribution in [0.4, 0.5) is 0 Å². The number of aromatic nitrogens is 1. The molecule has 102 valence electrons. The molecule has 3 rings (SSSR count). The van der Waals surface area contributed by atoms with Crippen molar-refractivity contribution in [3.63, 3.8) is 0 Å². The van der Waals surface area contributed by atoms with Gasteiger partial charge in [0, 0.05) is 17.8 Å². The smallest absolute Gasteiger partial charge is 0.134 e. The standard InChI is InChI=1S/C17H18N2O/c1-3-12-10-19-7-6-14(12)17(18)16-9-13-8-11(2)4-5-15(13)20-16/h4-10,17H,3,18H2,1-2H3. The SMILES string of the molecule is CCc1cnccc1C(N)c1cc2cc(C)ccc2o1. The Balaban J connectivity index is 2.05. The zero-order valence-corrected chi connectivity index (χ0v) is 11.8. The summed E-state index contributed by atoms with van der Waals surface area (Å²) >= 11 is 0. The van der Waals surface area contributed by atoms with Gasteiger partial charge in [0.15, 0.2) is 0 Å². The van der Waals surface area contributed by atoms with E-state index in [-0.39, 0.29) is 6.04 Å². The van der Waals surface area contributed by atoms with Gasteiger partial charge in [0.25, 0.3) is 0 Å². The monoisotopic (exact) mass is 266 g/mol. The third-order valence-corrected chi connectivity index (χ3v) is 3.65. The maximum atomic E-state index is 6.37. The van der Waals surface area contributed by atoms with E-state index >= 15 is 0 Å². The van der Waals surface area contributed by atoms with Gasteiger partial charge in [-0.25, -0.2) is 0 Å². The quantitative estimate of drug-likeness (QED) is 0.785. The van der Waals surface area contributed by atoms with Gasteiger partial charge in [0.1, 0.15) is 11.3 Å². The number of nitrogens with two attached hydrogens (primary N) is 1. The van der Waals surface area contributed by atoms with Crippen molar-refractivity contribution in [1.29, 1.82) is 0 Å². The number of pyridine rings is 1. The molecular weight excluding hydrogens is 248 g/mol. The summed E-state index contributed by atoms with van der Waals surface area (Å²) in [4.78, 5) is 4.16. The molecule has 2 N–H and O–H groups in total. The summed E-state index contributed by atoms with van der Waals surface area (Å²) in [6.07, 6.45) is 4.57. The predicted molar refractivity (Wildman–Crippen MR) is 80.6 cm³/mol. The van der Waals surface area contributed by atoms with Crippen LogP contribution in [-0.4, -0.2) is 4.98 Å². The first kappa shape index (κ1) is 12.9. The van der Waals surface area contributed by atoms with Gasteiger partial charge in [-0.15, -0.1) is 0 Å². The summed E-state index contributed by atoms with van der Waals surface area (Å²) in [6, 6.07) is 9.91. The topological polar surface area (TPSA) is 52.0 Å². The molecule has 0 spiro atoms. The van der Waals surface area contributed by atoms with Crippen molar-refractivity contribution in [1.82, 2.24) is 4.98 Å². The normalized spacial score (nSPS) is 12.8. The zero-order chi connectivity index (χ0) is 14.1. The van der Waals surface area contributed by atoms with E-state index in [0.717, 1.165) is 34.3 Å². The highest BCUT2D eigenvalue weighted by Crippen LogP contribution is 2.28. The van der Waals surface area contributed by atoms with E-state index in [9.17, 15) is 0 Å². The second-order valence-electron chi connectivity index (χ2n) is 5.10. The van der Waals surface area contributed by atoms with E-state index in [1.54, 1.807) is 6.20 Å². The van der Waals surface area contributed by atoms with E-state index in [0.29, 0.717) is 0 Å². The number of hydrogen-bond donors (Lipinski definition) is 1. The largest absolute Gasteiger partial charge is 0.459 e. The number of fused-ring (bicyclic) bond motifs is 1. The molecule has 1 unspecified atom stereocenters. The van der Waals surface area contributed by atoms with Gasteiger partial charge in [0.05, 0.1) is 6.04 Å². The Hall–Kier alpha value is -2.13. The van der Waals surface area contributed by atoms with Crippen molar-refractivity contribution in [3.8, 4) is 0 Å². The Morgan fingerprint density at radius 1 is 1.25 bits per heavy atom. The van der Waals surface area contributed by atoms with Crippen LogP contribution in [0.25, 0.3) is 11.0 Å². The van der Waals surface area contributed by atoms with Crippen LogP contribution < -0.4 is 5.73 Å². The molecule has 2 heterocycles.